The van der Waals surface area contributed by atoms with Gasteiger partial charge >= 0.3 is 0 Å². The first-order chi connectivity index (χ1) is 10.7. The van der Waals surface area contributed by atoms with Gasteiger partial charge in [0.05, 0.1) is 5.69 Å². The van der Waals surface area contributed by atoms with Crippen LogP contribution in [0.15, 0.2) is 24.4 Å². The van der Waals surface area contributed by atoms with Crippen molar-refractivity contribution in [1.29, 1.82) is 5.26 Å². The van der Waals surface area contributed by atoms with Gasteiger partial charge in [0, 0.05) is 24.2 Å². The molecule has 0 bridgehead atoms. The Morgan fingerprint density at radius 1 is 1.39 bits per heavy atom. The SMILES string of the molecule is Cl.N#Cc1c(N)nc(-c2ccccn2)c(O)c1C1CCCNC1. The number of pyridine rings is 2. The number of aromatic nitrogens is 2. The average Bonchev–Trinajstić information content (AvgIpc) is 2.57. The summed E-state index contributed by atoms with van der Waals surface area (Å²) in [6.07, 6.45) is 3.53. The number of hydrogen-bond acceptors (Lipinski definition) is 6. The average molecular weight is 332 g/mol. The number of piperidine rings is 1. The van der Waals surface area contributed by atoms with Crippen molar-refractivity contribution < 1.29 is 5.11 Å². The predicted octanol–water partition coefficient (Wildman–Crippen LogP) is 2.19. The molecule has 23 heavy (non-hydrogen) atoms. The van der Waals surface area contributed by atoms with E-state index in [4.69, 9.17) is 5.73 Å². The zero-order valence-electron chi connectivity index (χ0n) is 12.5. The zero-order valence-corrected chi connectivity index (χ0v) is 13.3. The summed E-state index contributed by atoms with van der Waals surface area (Å²) in [5.74, 6) is 0.204. The molecule has 0 amide bonds. The monoisotopic (exact) mass is 331 g/mol. The van der Waals surface area contributed by atoms with Crippen molar-refractivity contribution >= 4 is 18.2 Å². The quantitative estimate of drug-likeness (QED) is 0.778. The number of nitrogen functional groups attached to an aromatic ring is 1. The molecule has 1 fully saturated rings. The van der Waals surface area contributed by atoms with Crippen molar-refractivity contribution in [3.05, 3.63) is 35.5 Å². The maximum Gasteiger partial charge on any atom is 0.148 e. The van der Waals surface area contributed by atoms with Gasteiger partial charge in [-0.3, -0.25) is 4.98 Å². The molecule has 3 rings (SSSR count). The summed E-state index contributed by atoms with van der Waals surface area (Å²) in [4.78, 5) is 8.41. The Morgan fingerprint density at radius 2 is 2.22 bits per heavy atom. The highest BCUT2D eigenvalue weighted by atomic mass is 35.5. The summed E-state index contributed by atoms with van der Waals surface area (Å²) in [7, 11) is 0. The molecule has 4 N–H and O–H groups in total. The minimum Gasteiger partial charge on any atom is -0.505 e. The zero-order chi connectivity index (χ0) is 15.5. The van der Waals surface area contributed by atoms with E-state index in [1.165, 1.54) is 0 Å². The molecule has 7 heteroatoms. The minimum absolute atomic E-state index is 0. The number of anilines is 1. The molecule has 3 heterocycles. The molecule has 1 unspecified atom stereocenters. The highest BCUT2D eigenvalue weighted by Gasteiger charge is 2.27. The van der Waals surface area contributed by atoms with Gasteiger partial charge in [0.25, 0.3) is 0 Å². The molecule has 0 spiro atoms. The Labute approximate surface area is 140 Å². The molecular formula is C16H18ClN5O. The number of nitrogens with one attached hydrogen (secondary N) is 1. The van der Waals surface area contributed by atoms with Crippen molar-refractivity contribution in [3.63, 3.8) is 0 Å². The van der Waals surface area contributed by atoms with Crippen LogP contribution in [0.4, 0.5) is 5.82 Å². The fourth-order valence-electron chi connectivity index (χ4n) is 2.91. The van der Waals surface area contributed by atoms with Gasteiger partial charge in [0.1, 0.15) is 28.9 Å². The fraction of sp³-hybridized carbons (Fsp3) is 0.312. The number of aromatic hydroxyl groups is 1. The molecule has 6 nitrogen and oxygen atoms in total. The second-order valence-electron chi connectivity index (χ2n) is 5.35. The largest absolute Gasteiger partial charge is 0.505 e. The lowest BCUT2D eigenvalue weighted by Gasteiger charge is -2.25. The second kappa shape index (κ2) is 7.27. The summed E-state index contributed by atoms with van der Waals surface area (Å²) >= 11 is 0. The number of nitrogens with zero attached hydrogens (tertiary/aromatic N) is 3. The Morgan fingerprint density at radius 3 is 2.83 bits per heavy atom. The van der Waals surface area contributed by atoms with Crippen LogP contribution in [0.25, 0.3) is 11.4 Å². The first-order valence-electron chi connectivity index (χ1n) is 7.27. The summed E-state index contributed by atoms with van der Waals surface area (Å²) in [6.45, 7) is 1.67. The Bertz CT molecular complexity index is 723. The Balaban J connectivity index is 0.00000192. The summed E-state index contributed by atoms with van der Waals surface area (Å²) in [6, 6.07) is 7.46. The molecule has 0 aromatic carbocycles. The molecule has 2 aromatic rings. The molecule has 0 saturated carbocycles. The number of rotatable bonds is 2. The summed E-state index contributed by atoms with van der Waals surface area (Å²) in [5, 5.41) is 23.4. The molecular weight excluding hydrogens is 314 g/mol. The van der Waals surface area contributed by atoms with Gasteiger partial charge in [-0.15, -0.1) is 12.4 Å². The van der Waals surface area contributed by atoms with Crippen molar-refractivity contribution in [1.82, 2.24) is 15.3 Å². The normalized spacial score (nSPS) is 17.1. The Kier molecular flexibility index (Phi) is 5.37. The molecule has 1 atom stereocenters. The van der Waals surface area contributed by atoms with E-state index in [9.17, 15) is 10.4 Å². The lowest BCUT2D eigenvalue weighted by Crippen LogP contribution is -2.29. The summed E-state index contributed by atoms with van der Waals surface area (Å²) in [5.41, 5.74) is 7.68. The lowest BCUT2D eigenvalue weighted by molar-refractivity contribution is 0.425. The molecule has 0 radical (unpaired) electrons. The number of nitriles is 1. The smallest absolute Gasteiger partial charge is 0.148 e. The van der Waals surface area contributed by atoms with Crippen molar-refractivity contribution in [2.75, 3.05) is 18.8 Å². The molecule has 2 aromatic heterocycles. The van der Waals surface area contributed by atoms with Gasteiger partial charge in [0.15, 0.2) is 0 Å². The topological polar surface area (TPSA) is 108 Å². The van der Waals surface area contributed by atoms with Gasteiger partial charge in [-0.1, -0.05) is 6.07 Å². The van der Waals surface area contributed by atoms with Crippen LogP contribution < -0.4 is 11.1 Å². The number of nitrogens with two attached hydrogens (primary N) is 1. The van der Waals surface area contributed by atoms with Crippen molar-refractivity contribution in [3.8, 4) is 23.2 Å². The van der Waals surface area contributed by atoms with E-state index in [-0.39, 0.29) is 35.5 Å². The van der Waals surface area contributed by atoms with Gasteiger partial charge in [-0.05, 0) is 31.5 Å². The molecule has 1 aliphatic rings. The van der Waals surface area contributed by atoms with Crippen LogP contribution >= 0.6 is 12.4 Å². The standard InChI is InChI=1S/C16H17N5O.ClH/c17-8-11-13(10-4-3-6-19-9-10)15(22)14(21-16(11)18)12-5-1-2-7-20-12;/h1-2,5,7,10,19,22H,3-4,6,9H2,(H2,18,21);1H. The third kappa shape index (κ3) is 3.21. The molecule has 1 aliphatic heterocycles. The Hall–Kier alpha value is -2.36. The van der Waals surface area contributed by atoms with Crippen LogP contribution in [0.5, 0.6) is 5.75 Å². The predicted molar refractivity (Wildman–Crippen MR) is 90.4 cm³/mol. The van der Waals surface area contributed by atoms with Gasteiger partial charge in [0.2, 0.25) is 0 Å². The summed E-state index contributed by atoms with van der Waals surface area (Å²) < 4.78 is 0. The van der Waals surface area contributed by atoms with E-state index in [0.717, 1.165) is 19.4 Å². The van der Waals surface area contributed by atoms with Crippen molar-refractivity contribution in [2.45, 2.75) is 18.8 Å². The van der Waals surface area contributed by atoms with Gasteiger partial charge < -0.3 is 16.2 Å². The van der Waals surface area contributed by atoms with E-state index in [2.05, 4.69) is 21.4 Å². The van der Waals surface area contributed by atoms with Crippen LogP contribution in [0.2, 0.25) is 0 Å². The van der Waals surface area contributed by atoms with Crippen LogP contribution in [0.1, 0.15) is 29.9 Å². The van der Waals surface area contributed by atoms with Crippen LogP contribution in [0, 0.1) is 11.3 Å². The second-order valence-corrected chi connectivity index (χ2v) is 5.35. The van der Waals surface area contributed by atoms with Crippen LogP contribution in [-0.4, -0.2) is 28.2 Å². The van der Waals surface area contributed by atoms with Crippen LogP contribution in [0.3, 0.4) is 0 Å². The minimum atomic E-state index is 0. The van der Waals surface area contributed by atoms with Gasteiger partial charge in [-0.25, -0.2) is 4.98 Å². The first-order valence-corrected chi connectivity index (χ1v) is 7.27. The number of halogens is 1. The third-order valence-corrected chi connectivity index (χ3v) is 3.96. The first kappa shape index (κ1) is 17.0. The maximum absolute atomic E-state index is 10.7. The maximum atomic E-state index is 10.7. The van der Waals surface area contributed by atoms with E-state index >= 15 is 0 Å². The van der Waals surface area contributed by atoms with Crippen LogP contribution in [-0.2, 0) is 0 Å². The van der Waals surface area contributed by atoms with E-state index < -0.39 is 0 Å². The van der Waals surface area contributed by atoms with Crippen molar-refractivity contribution in [2.24, 2.45) is 0 Å². The van der Waals surface area contributed by atoms with E-state index in [1.807, 2.05) is 6.07 Å². The van der Waals surface area contributed by atoms with E-state index in [1.54, 1.807) is 18.3 Å². The molecule has 0 aliphatic carbocycles. The number of hydrogen-bond donors (Lipinski definition) is 3. The molecule has 1 saturated heterocycles. The molecule has 120 valence electrons. The fourth-order valence-corrected chi connectivity index (χ4v) is 2.91. The lowest BCUT2D eigenvalue weighted by atomic mass is 9.87. The third-order valence-electron chi connectivity index (χ3n) is 3.96. The highest BCUT2D eigenvalue weighted by Crippen LogP contribution is 2.40. The van der Waals surface area contributed by atoms with E-state index in [0.29, 0.717) is 23.5 Å². The highest BCUT2D eigenvalue weighted by molar-refractivity contribution is 5.85. The van der Waals surface area contributed by atoms with Gasteiger partial charge in [-0.2, -0.15) is 5.26 Å².